The number of anilines is 1. The van der Waals surface area contributed by atoms with Crippen molar-refractivity contribution in [1.29, 1.82) is 0 Å². The van der Waals surface area contributed by atoms with E-state index < -0.39 is 17.5 Å². The van der Waals surface area contributed by atoms with E-state index in [1.165, 1.54) is 18.2 Å². The van der Waals surface area contributed by atoms with E-state index in [2.05, 4.69) is 22.4 Å². The molecule has 1 heterocycles. The van der Waals surface area contributed by atoms with Gasteiger partial charge in [0.25, 0.3) is 11.8 Å². The number of hydrogen-bond acceptors (Lipinski definition) is 4. The van der Waals surface area contributed by atoms with Crippen molar-refractivity contribution in [2.45, 2.75) is 0 Å². The Morgan fingerprint density at radius 3 is 2.26 bits per heavy atom. The molecule has 6 nitrogen and oxygen atoms in total. The minimum atomic E-state index is -0.869. The third-order valence-electron chi connectivity index (χ3n) is 5.74. The number of rotatable bonds is 6. The van der Waals surface area contributed by atoms with Crippen LogP contribution in [0.1, 0.15) is 26.3 Å². The predicted molar refractivity (Wildman–Crippen MR) is 130 cm³/mol. The summed E-state index contributed by atoms with van der Waals surface area (Å²) in [6, 6.07) is 16.7. The number of halogens is 2. The summed E-state index contributed by atoms with van der Waals surface area (Å²) in [7, 11) is 0. The number of nitrogens with zero attached hydrogens (tertiary/aromatic N) is 2. The molecule has 1 aliphatic rings. The molecule has 0 spiro atoms. The van der Waals surface area contributed by atoms with Crippen LogP contribution in [0, 0.1) is 11.6 Å². The minimum absolute atomic E-state index is 0.122. The number of aromatic hydroxyl groups is 1. The van der Waals surface area contributed by atoms with Gasteiger partial charge in [0, 0.05) is 56.1 Å². The van der Waals surface area contributed by atoms with Crippen molar-refractivity contribution in [3.8, 4) is 5.75 Å². The smallest absolute Gasteiger partial charge is 0.257 e. The second kappa shape index (κ2) is 10.9. The Labute approximate surface area is 202 Å². The summed E-state index contributed by atoms with van der Waals surface area (Å²) in [4.78, 5) is 29.1. The van der Waals surface area contributed by atoms with Gasteiger partial charge in [-0.05, 0) is 29.8 Å². The molecule has 0 radical (unpaired) electrons. The minimum Gasteiger partial charge on any atom is -0.507 e. The van der Waals surface area contributed by atoms with E-state index in [9.17, 15) is 23.5 Å². The standard InChI is InChI=1S/C27H25F2N3O3/c28-21-15-20(16-22(29)17-21)26(34)30-23-8-9-24(25(33)18-23)27(35)32-13-11-31(12-14-32)10-4-7-19-5-2-1-3-6-19/h1-9,15-18,33H,10-14H2,(H,30,34)/b7-4+. The van der Waals surface area contributed by atoms with Gasteiger partial charge in [-0.15, -0.1) is 0 Å². The van der Waals surface area contributed by atoms with Gasteiger partial charge in [-0.25, -0.2) is 8.78 Å². The van der Waals surface area contributed by atoms with E-state index in [-0.39, 0.29) is 28.5 Å². The monoisotopic (exact) mass is 477 g/mol. The fourth-order valence-electron chi connectivity index (χ4n) is 3.88. The molecular formula is C27H25F2N3O3. The van der Waals surface area contributed by atoms with Gasteiger partial charge in [0.1, 0.15) is 17.4 Å². The molecule has 8 heteroatoms. The second-order valence-electron chi connectivity index (χ2n) is 8.25. The van der Waals surface area contributed by atoms with Crippen molar-refractivity contribution in [1.82, 2.24) is 9.80 Å². The number of piperazine rings is 1. The zero-order chi connectivity index (χ0) is 24.8. The Balaban J connectivity index is 1.32. The summed E-state index contributed by atoms with van der Waals surface area (Å²) in [5.41, 5.74) is 1.26. The van der Waals surface area contributed by atoms with E-state index >= 15 is 0 Å². The molecule has 3 aromatic rings. The molecule has 0 atom stereocenters. The molecule has 0 aromatic heterocycles. The molecule has 1 fully saturated rings. The number of carbonyl (C=O) groups excluding carboxylic acids is 2. The van der Waals surface area contributed by atoms with Crippen LogP contribution in [0.2, 0.25) is 0 Å². The van der Waals surface area contributed by atoms with Gasteiger partial charge in [-0.2, -0.15) is 0 Å². The molecule has 180 valence electrons. The highest BCUT2D eigenvalue weighted by molar-refractivity contribution is 6.05. The van der Waals surface area contributed by atoms with Crippen LogP contribution >= 0.6 is 0 Å². The van der Waals surface area contributed by atoms with Gasteiger partial charge in [0.15, 0.2) is 0 Å². The van der Waals surface area contributed by atoms with Gasteiger partial charge in [-0.3, -0.25) is 14.5 Å². The number of amides is 2. The maximum Gasteiger partial charge on any atom is 0.257 e. The van der Waals surface area contributed by atoms with Gasteiger partial charge in [0.2, 0.25) is 0 Å². The third-order valence-corrected chi connectivity index (χ3v) is 5.74. The summed E-state index contributed by atoms with van der Waals surface area (Å²) in [5, 5.41) is 12.9. The lowest BCUT2D eigenvalue weighted by atomic mass is 10.1. The Morgan fingerprint density at radius 1 is 0.914 bits per heavy atom. The van der Waals surface area contributed by atoms with E-state index in [1.807, 2.05) is 30.3 Å². The highest BCUT2D eigenvalue weighted by Crippen LogP contribution is 2.24. The van der Waals surface area contributed by atoms with Gasteiger partial charge in [0.05, 0.1) is 5.56 Å². The number of hydrogen-bond donors (Lipinski definition) is 2. The van der Waals surface area contributed by atoms with E-state index in [1.54, 1.807) is 4.90 Å². The zero-order valence-electron chi connectivity index (χ0n) is 19.0. The molecule has 2 amide bonds. The van der Waals surface area contributed by atoms with E-state index in [0.29, 0.717) is 32.2 Å². The topological polar surface area (TPSA) is 72.9 Å². The predicted octanol–water partition coefficient (Wildman–Crippen LogP) is 4.39. The Hall–Kier alpha value is -4.04. The zero-order valence-corrected chi connectivity index (χ0v) is 19.0. The molecule has 2 N–H and O–H groups in total. The van der Waals surface area contributed by atoms with Crippen LogP contribution in [0.4, 0.5) is 14.5 Å². The molecule has 0 bridgehead atoms. The fraction of sp³-hybridized carbons (Fsp3) is 0.185. The molecule has 3 aromatic carbocycles. The molecule has 1 saturated heterocycles. The maximum atomic E-state index is 13.4. The van der Waals surface area contributed by atoms with Crippen LogP contribution in [0.25, 0.3) is 6.08 Å². The van der Waals surface area contributed by atoms with Crippen molar-refractivity contribution in [3.05, 3.63) is 101 Å². The molecular weight excluding hydrogens is 452 g/mol. The Morgan fingerprint density at radius 2 is 1.60 bits per heavy atom. The third kappa shape index (κ3) is 6.30. The second-order valence-corrected chi connectivity index (χ2v) is 8.25. The van der Waals surface area contributed by atoms with Gasteiger partial charge >= 0.3 is 0 Å². The number of benzene rings is 3. The van der Waals surface area contributed by atoms with Crippen LogP contribution in [0.3, 0.4) is 0 Å². The lowest BCUT2D eigenvalue weighted by Crippen LogP contribution is -2.48. The summed E-state index contributed by atoms with van der Waals surface area (Å²) in [6.45, 7) is 3.27. The van der Waals surface area contributed by atoms with Gasteiger partial charge < -0.3 is 15.3 Å². The van der Waals surface area contributed by atoms with Crippen LogP contribution < -0.4 is 5.32 Å². The molecule has 0 aliphatic carbocycles. The van der Waals surface area contributed by atoms with Crippen LogP contribution in [0.5, 0.6) is 5.75 Å². The first-order valence-corrected chi connectivity index (χ1v) is 11.2. The van der Waals surface area contributed by atoms with Crippen molar-refractivity contribution >= 4 is 23.6 Å². The van der Waals surface area contributed by atoms with Crippen LogP contribution in [-0.2, 0) is 0 Å². The van der Waals surface area contributed by atoms with Crippen LogP contribution in [0.15, 0.2) is 72.8 Å². The average Bonchev–Trinajstić information content (AvgIpc) is 2.84. The quantitative estimate of drug-likeness (QED) is 0.552. The van der Waals surface area contributed by atoms with Crippen LogP contribution in [-0.4, -0.2) is 59.4 Å². The van der Waals surface area contributed by atoms with Crippen molar-refractivity contribution in [2.75, 3.05) is 38.0 Å². The summed E-state index contributed by atoms with van der Waals surface area (Å²) in [5.74, 6) is -3.06. The summed E-state index contributed by atoms with van der Waals surface area (Å²) < 4.78 is 26.7. The summed E-state index contributed by atoms with van der Waals surface area (Å²) in [6.07, 6.45) is 4.17. The Bertz CT molecular complexity index is 1220. The highest BCUT2D eigenvalue weighted by Gasteiger charge is 2.24. The number of nitrogens with one attached hydrogen (secondary N) is 1. The highest BCUT2D eigenvalue weighted by atomic mass is 19.1. The number of phenols is 1. The molecule has 0 unspecified atom stereocenters. The normalized spacial score (nSPS) is 14.3. The van der Waals surface area contributed by atoms with Crippen molar-refractivity contribution < 1.29 is 23.5 Å². The summed E-state index contributed by atoms with van der Waals surface area (Å²) >= 11 is 0. The molecule has 0 saturated carbocycles. The van der Waals surface area contributed by atoms with Gasteiger partial charge in [-0.1, -0.05) is 42.5 Å². The Kier molecular flexibility index (Phi) is 7.52. The lowest BCUT2D eigenvalue weighted by molar-refractivity contribution is 0.0647. The number of carbonyl (C=O) groups is 2. The molecule has 35 heavy (non-hydrogen) atoms. The first-order chi connectivity index (χ1) is 16.9. The molecule has 4 rings (SSSR count). The first-order valence-electron chi connectivity index (χ1n) is 11.2. The molecule has 1 aliphatic heterocycles. The van der Waals surface area contributed by atoms with E-state index in [0.717, 1.165) is 24.2 Å². The maximum absolute atomic E-state index is 13.4. The van der Waals surface area contributed by atoms with Crippen molar-refractivity contribution in [2.24, 2.45) is 0 Å². The largest absolute Gasteiger partial charge is 0.507 e. The SMILES string of the molecule is O=C(Nc1ccc(C(=O)N2CCN(C/C=C/c3ccccc3)CC2)c(O)c1)c1cc(F)cc(F)c1. The fourth-order valence-corrected chi connectivity index (χ4v) is 3.88. The lowest BCUT2D eigenvalue weighted by Gasteiger charge is -2.34. The van der Waals surface area contributed by atoms with Crippen molar-refractivity contribution in [3.63, 3.8) is 0 Å². The first kappa shape index (κ1) is 24.1. The number of phenolic OH excluding ortho intramolecular Hbond substituents is 1. The average molecular weight is 478 g/mol. The van der Waals surface area contributed by atoms with E-state index in [4.69, 9.17) is 0 Å².